The highest BCUT2D eigenvalue weighted by Gasteiger charge is 2.42. The zero-order chi connectivity index (χ0) is 14.9. The van der Waals surface area contributed by atoms with Crippen LogP contribution in [0.2, 0.25) is 0 Å². The predicted molar refractivity (Wildman–Crippen MR) is 86.1 cm³/mol. The van der Waals surface area contributed by atoms with E-state index in [1.165, 1.54) is 43.7 Å². The Morgan fingerprint density at radius 3 is 2.95 bits per heavy atom. The van der Waals surface area contributed by atoms with Crippen molar-refractivity contribution >= 4 is 0 Å². The fraction of sp³-hybridized carbons (Fsp3) is 0.556. The SMILES string of the molecule is Cn1ccnc1CN1C[C@H]2CC[C@H](Cc3cccnc3)[C@H]2C1. The second-order valence-corrected chi connectivity index (χ2v) is 6.98. The van der Waals surface area contributed by atoms with Crippen molar-refractivity contribution in [3.05, 3.63) is 48.3 Å². The lowest BCUT2D eigenvalue weighted by Gasteiger charge is -2.20. The number of fused-ring (bicyclic) bond motifs is 1. The highest BCUT2D eigenvalue weighted by Crippen LogP contribution is 2.43. The molecule has 0 unspecified atom stereocenters. The van der Waals surface area contributed by atoms with Gasteiger partial charge in [-0.25, -0.2) is 4.98 Å². The van der Waals surface area contributed by atoms with Gasteiger partial charge in [-0.2, -0.15) is 0 Å². The van der Waals surface area contributed by atoms with Crippen LogP contribution < -0.4 is 0 Å². The first kappa shape index (κ1) is 13.9. The van der Waals surface area contributed by atoms with Crippen LogP contribution in [-0.2, 0) is 20.0 Å². The van der Waals surface area contributed by atoms with Crippen molar-refractivity contribution in [1.82, 2.24) is 19.4 Å². The molecule has 2 aliphatic rings. The number of hydrogen-bond acceptors (Lipinski definition) is 3. The average Bonchev–Trinajstić information content (AvgIpc) is 3.20. The molecule has 1 saturated heterocycles. The van der Waals surface area contributed by atoms with E-state index in [4.69, 9.17) is 0 Å². The van der Waals surface area contributed by atoms with Gasteiger partial charge in [0.25, 0.3) is 0 Å². The molecule has 0 bridgehead atoms. The van der Waals surface area contributed by atoms with E-state index in [9.17, 15) is 0 Å². The molecule has 3 atom stereocenters. The van der Waals surface area contributed by atoms with Gasteiger partial charge in [-0.1, -0.05) is 6.07 Å². The summed E-state index contributed by atoms with van der Waals surface area (Å²) in [6.07, 6.45) is 11.8. The minimum Gasteiger partial charge on any atom is -0.337 e. The lowest BCUT2D eigenvalue weighted by Crippen LogP contribution is -2.24. The standard InChI is InChI=1S/C18H24N4/c1-21-8-7-20-18(21)13-22-11-16-5-4-15(17(16)12-22)9-14-3-2-6-19-10-14/h2-3,6-8,10,15-17H,4-5,9,11-13H2,1H3/t15-,16-,17-/m1/s1. The van der Waals surface area contributed by atoms with Gasteiger partial charge in [0.1, 0.15) is 5.82 Å². The molecule has 1 aliphatic carbocycles. The van der Waals surface area contributed by atoms with Gasteiger partial charge < -0.3 is 4.57 Å². The zero-order valence-corrected chi connectivity index (χ0v) is 13.2. The van der Waals surface area contributed by atoms with Gasteiger partial charge in [-0.15, -0.1) is 0 Å². The van der Waals surface area contributed by atoms with Crippen LogP contribution in [0.3, 0.4) is 0 Å². The highest BCUT2D eigenvalue weighted by atomic mass is 15.2. The summed E-state index contributed by atoms with van der Waals surface area (Å²) in [5.74, 6) is 3.77. The molecule has 2 aromatic heterocycles. The third-order valence-electron chi connectivity index (χ3n) is 5.59. The summed E-state index contributed by atoms with van der Waals surface area (Å²) in [5.41, 5.74) is 1.40. The number of pyridine rings is 1. The third kappa shape index (κ3) is 2.68. The molecule has 0 aromatic carbocycles. The zero-order valence-electron chi connectivity index (χ0n) is 13.2. The number of aromatic nitrogens is 3. The van der Waals surface area contributed by atoms with Crippen LogP contribution in [0.1, 0.15) is 24.2 Å². The normalized spacial score (nSPS) is 28.1. The topological polar surface area (TPSA) is 34.0 Å². The molecule has 3 heterocycles. The molecule has 2 fully saturated rings. The molecule has 0 spiro atoms. The van der Waals surface area contributed by atoms with Gasteiger partial charge in [-0.05, 0) is 48.6 Å². The summed E-state index contributed by atoms with van der Waals surface area (Å²) in [7, 11) is 2.09. The average molecular weight is 296 g/mol. The van der Waals surface area contributed by atoms with E-state index in [1.54, 1.807) is 0 Å². The second-order valence-electron chi connectivity index (χ2n) is 6.98. The van der Waals surface area contributed by atoms with E-state index in [1.807, 2.05) is 24.8 Å². The smallest absolute Gasteiger partial charge is 0.122 e. The summed E-state index contributed by atoms with van der Waals surface area (Å²) >= 11 is 0. The molecule has 2 aromatic rings. The molecule has 22 heavy (non-hydrogen) atoms. The van der Waals surface area contributed by atoms with Crippen LogP contribution in [0, 0.1) is 17.8 Å². The second kappa shape index (κ2) is 5.84. The highest BCUT2D eigenvalue weighted by molar-refractivity contribution is 5.11. The van der Waals surface area contributed by atoms with Crippen molar-refractivity contribution in [3.8, 4) is 0 Å². The molecule has 0 N–H and O–H groups in total. The van der Waals surface area contributed by atoms with Crippen LogP contribution in [0.5, 0.6) is 0 Å². The van der Waals surface area contributed by atoms with Gasteiger partial charge in [0.2, 0.25) is 0 Å². The van der Waals surface area contributed by atoms with Crippen LogP contribution in [0.15, 0.2) is 36.9 Å². The van der Waals surface area contributed by atoms with Crippen molar-refractivity contribution in [2.45, 2.75) is 25.8 Å². The summed E-state index contributed by atoms with van der Waals surface area (Å²) in [6.45, 7) is 3.49. The van der Waals surface area contributed by atoms with E-state index >= 15 is 0 Å². The van der Waals surface area contributed by atoms with Crippen molar-refractivity contribution in [3.63, 3.8) is 0 Å². The van der Waals surface area contributed by atoms with E-state index < -0.39 is 0 Å². The number of likely N-dealkylation sites (tertiary alicyclic amines) is 1. The maximum atomic E-state index is 4.47. The maximum Gasteiger partial charge on any atom is 0.122 e. The van der Waals surface area contributed by atoms with Gasteiger partial charge in [0.15, 0.2) is 0 Å². The number of hydrogen-bond donors (Lipinski definition) is 0. The molecule has 1 aliphatic heterocycles. The lowest BCUT2D eigenvalue weighted by molar-refractivity contribution is 0.273. The van der Waals surface area contributed by atoms with Gasteiger partial charge >= 0.3 is 0 Å². The van der Waals surface area contributed by atoms with E-state index in [0.29, 0.717) is 0 Å². The first-order chi connectivity index (χ1) is 10.8. The Morgan fingerprint density at radius 1 is 1.23 bits per heavy atom. The lowest BCUT2D eigenvalue weighted by atomic mass is 9.88. The van der Waals surface area contributed by atoms with Crippen LogP contribution >= 0.6 is 0 Å². The van der Waals surface area contributed by atoms with Crippen LogP contribution in [0.4, 0.5) is 0 Å². The van der Waals surface area contributed by atoms with Crippen molar-refractivity contribution in [2.75, 3.05) is 13.1 Å². The van der Waals surface area contributed by atoms with Crippen LogP contribution in [-0.4, -0.2) is 32.5 Å². The fourth-order valence-electron chi connectivity index (χ4n) is 4.42. The Labute approximate surface area is 132 Å². The van der Waals surface area contributed by atoms with Gasteiger partial charge in [0.05, 0.1) is 6.54 Å². The third-order valence-corrected chi connectivity index (χ3v) is 5.59. The summed E-state index contributed by atoms with van der Waals surface area (Å²) < 4.78 is 2.14. The summed E-state index contributed by atoms with van der Waals surface area (Å²) in [5, 5.41) is 0. The van der Waals surface area contributed by atoms with Crippen molar-refractivity contribution < 1.29 is 0 Å². The molecule has 0 radical (unpaired) electrons. The number of aryl methyl sites for hydroxylation is 1. The van der Waals surface area contributed by atoms with E-state index in [-0.39, 0.29) is 0 Å². The van der Waals surface area contributed by atoms with Gasteiger partial charge in [0, 0.05) is 44.9 Å². The van der Waals surface area contributed by atoms with Gasteiger partial charge in [-0.3, -0.25) is 9.88 Å². The minimum absolute atomic E-state index is 0.834. The number of rotatable bonds is 4. The Balaban J connectivity index is 1.40. The Bertz CT molecular complexity index is 621. The predicted octanol–water partition coefficient (Wildman–Crippen LogP) is 2.52. The molecular formula is C18H24N4. The Kier molecular flexibility index (Phi) is 3.70. The Hall–Kier alpha value is -1.68. The van der Waals surface area contributed by atoms with Crippen molar-refractivity contribution in [2.24, 2.45) is 24.8 Å². The van der Waals surface area contributed by atoms with Crippen molar-refractivity contribution in [1.29, 1.82) is 0 Å². The summed E-state index contributed by atoms with van der Waals surface area (Å²) in [4.78, 5) is 11.3. The molecule has 4 heteroatoms. The molecule has 4 nitrogen and oxygen atoms in total. The molecule has 0 amide bonds. The fourth-order valence-corrected chi connectivity index (χ4v) is 4.42. The largest absolute Gasteiger partial charge is 0.337 e. The number of nitrogens with zero attached hydrogens (tertiary/aromatic N) is 4. The maximum absolute atomic E-state index is 4.47. The first-order valence-electron chi connectivity index (χ1n) is 8.37. The molecule has 1 saturated carbocycles. The molecular weight excluding hydrogens is 272 g/mol. The van der Waals surface area contributed by atoms with E-state index in [0.717, 1.165) is 24.3 Å². The number of imidazole rings is 1. The van der Waals surface area contributed by atoms with Crippen LogP contribution in [0.25, 0.3) is 0 Å². The minimum atomic E-state index is 0.834. The monoisotopic (exact) mass is 296 g/mol. The molecule has 4 rings (SSSR count). The first-order valence-corrected chi connectivity index (χ1v) is 8.37. The quantitative estimate of drug-likeness (QED) is 0.869. The summed E-state index contributed by atoms with van der Waals surface area (Å²) in [6, 6.07) is 4.28. The van der Waals surface area contributed by atoms with E-state index in [2.05, 4.69) is 38.6 Å². The Morgan fingerprint density at radius 2 is 2.18 bits per heavy atom. The molecule has 116 valence electrons.